The first-order valence-corrected chi connectivity index (χ1v) is 18.1. The molecule has 1 fully saturated rings. The second kappa shape index (κ2) is 21.8. The number of aliphatic hydroxyl groups is 2. The summed E-state index contributed by atoms with van der Waals surface area (Å²) in [5.41, 5.74) is 5.85. The molecule has 0 saturated carbocycles. The van der Waals surface area contributed by atoms with Crippen molar-refractivity contribution in [3.63, 3.8) is 0 Å². The Balaban J connectivity index is 3.15. The highest BCUT2D eigenvalue weighted by Crippen LogP contribution is 2.19. The minimum absolute atomic E-state index is 0.0813. The van der Waals surface area contributed by atoms with Crippen LogP contribution in [-0.2, 0) is 33.6 Å². The van der Waals surface area contributed by atoms with Gasteiger partial charge in [0.1, 0.15) is 30.2 Å². The molecule has 0 aromatic heterocycles. The lowest BCUT2D eigenvalue weighted by atomic mass is 9.96. The molecule has 9 atom stereocenters. The van der Waals surface area contributed by atoms with Crippen molar-refractivity contribution in [3.8, 4) is 0 Å². The summed E-state index contributed by atoms with van der Waals surface area (Å²) in [5.74, 6) is -6.32. The van der Waals surface area contributed by atoms with Crippen molar-refractivity contribution in [2.24, 2.45) is 23.5 Å². The first kappa shape index (κ1) is 45.5. The van der Waals surface area contributed by atoms with Gasteiger partial charge in [-0.1, -0.05) is 48.0 Å². The van der Waals surface area contributed by atoms with Crippen LogP contribution in [0.25, 0.3) is 0 Å². The molecule has 18 heteroatoms. The van der Waals surface area contributed by atoms with Gasteiger partial charge in [0.2, 0.25) is 35.4 Å². The molecule has 17 nitrogen and oxygen atoms in total. The predicted octanol–water partition coefficient (Wildman–Crippen LogP) is -1.75. The fraction of sp³-hybridized carbons (Fsp3) is 0.788. The van der Waals surface area contributed by atoms with Crippen LogP contribution >= 0.6 is 12.6 Å². The number of nitrogens with one attached hydrogen (secondary N) is 5. The minimum Gasteiger partial charge on any atom is -0.480 e. The van der Waals surface area contributed by atoms with Crippen molar-refractivity contribution < 1.29 is 48.9 Å². The summed E-state index contributed by atoms with van der Waals surface area (Å²) in [4.78, 5) is 92.5. The van der Waals surface area contributed by atoms with Crippen LogP contribution in [0.5, 0.6) is 0 Å². The van der Waals surface area contributed by atoms with Crippen LogP contribution in [0.4, 0.5) is 0 Å². The summed E-state index contributed by atoms with van der Waals surface area (Å²) < 4.78 is 0. The monoisotopic (exact) mass is 745 g/mol. The predicted molar refractivity (Wildman–Crippen MR) is 191 cm³/mol. The highest BCUT2D eigenvalue weighted by molar-refractivity contribution is 7.80. The largest absolute Gasteiger partial charge is 0.480 e. The SMILES string of the molecule is CC[C@H](C)[C@H](NC(=O)[C@H](CO)NC(=O)[C@H](CC(C)C)NC(=O)[C@@H]1CCCN1C(=O)[C@@H](N)CS)C(=O)N[C@@H](CC(C)C)C(=O)N[C@H](C(=O)O)[C@@H](C)O. The average Bonchev–Trinajstić information content (AvgIpc) is 3.55. The lowest BCUT2D eigenvalue weighted by Crippen LogP contribution is -2.61. The number of carboxylic acids is 1. The average molecular weight is 746 g/mol. The van der Waals surface area contributed by atoms with Gasteiger partial charge in [0.25, 0.3) is 0 Å². The summed E-state index contributed by atoms with van der Waals surface area (Å²) in [6.45, 7) is 11.3. The zero-order valence-electron chi connectivity index (χ0n) is 30.7. The smallest absolute Gasteiger partial charge is 0.328 e. The number of aliphatic carboxylic acids is 1. The Morgan fingerprint density at radius 2 is 1.27 bits per heavy atom. The van der Waals surface area contributed by atoms with Crippen LogP contribution in [-0.4, -0.2) is 129 Å². The fourth-order valence-corrected chi connectivity index (χ4v) is 5.75. The van der Waals surface area contributed by atoms with Crippen LogP contribution in [0.15, 0.2) is 0 Å². The Morgan fingerprint density at radius 3 is 1.75 bits per heavy atom. The number of carbonyl (C=O) groups excluding carboxylic acids is 6. The number of aliphatic hydroxyl groups excluding tert-OH is 2. The van der Waals surface area contributed by atoms with E-state index in [2.05, 4.69) is 39.2 Å². The number of amides is 6. The van der Waals surface area contributed by atoms with E-state index in [1.807, 2.05) is 13.8 Å². The van der Waals surface area contributed by atoms with E-state index in [4.69, 9.17) is 5.73 Å². The number of nitrogens with two attached hydrogens (primary N) is 1. The summed E-state index contributed by atoms with van der Waals surface area (Å²) in [5, 5.41) is 41.9. The summed E-state index contributed by atoms with van der Waals surface area (Å²) >= 11 is 4.07. The summed E-state index contributed by atoms with van der Waals surface area (Å²) in [6.07, 6.45) is 0.197. The van der Waals surface area contributed by atoms with Crippen LogP contribution < -0.4 is 32.3 Å². The van der Waals surface area contributed by atoms with Gasteiger partial charge in [0.15, 0.2) is 6.04 Å². The second-order valence-corrected chi connectivity index (χ2v) is 14.4. The first-order valence-electron chi connectivity index (χ1n) is 17.5. The number of nitrogens with zero attached hydrogens (tertiary/aromatic N) is 1. The van der Waals surface area contributed by atoms with Gasteiger partial charge in [-0.25, -0.2) is 4.79 Å². The van der Waals surface area contributed by atoms with Crippen molar-refractivity contribution >= 4 is 54.0 Å². The third-order valence-electron chi connectivity index (χ3n) is 8.69. The molecule has 1 aliphatic heterocycles. The van der Waals surface area contributed by atoms with Gasteiger partial charge in [-0.15, -0.1) is 0 Å². The number of carboxylic acid groups (broad SMARTS) is 1. The number of carbonyl (C=O) groups is 7. The lowest BCUT2D eigenvalue weighted by Gasteiger charge is -2.30. The van der Waals surface area contributed by atoms with Crippen molar-refractivity contribution in [3.05, 3.63) is 0 Å². The molecule has 10 N–H and O–H groups in total. The van der Waals surface area contributed by atoms with Crippen LogP contribution in [0.3, 0.4) is 0 Å². The Bertz CT molecular complexity index is 1220. The zero-order chi connectivity index (χ0) is 39.2. The molecule has 0 bridgehead atoms. The molecule has 292 valence electrons. The summed E-state index contributed by atoms with van der Waals surface area (Å²) in [7, 11) is 0. The van der Waals surface area contributed by atoms with E-state index in [9.17, 15) is 48.9 Å². The van der Waals surface area contributed by atoms with Gasteiger partial charge in [-0.3, -0.25) is 28.8 Å². The number of hydrogen-bond acceptors (Lipinski definition) is 11. The van der Waals surface area contributed by atoms with E-state index in [1.165, 1.54) is 11.8 Å². The number of thiol groups is 1. The molecule has 6 amide bonds. The second-order valence-electron chi connectivity index (χ2n) is 14.0. The standard InChI is InChI=1S/C33H59N7O10S/c1-8-18(6)25(31(47)36-22(13-17(4)5)28(44)39-26(19(7)42)33(49)50)38-29(45)23(14-41)37-27(43)21(12-16(2)3)35-30(46)24-10-9-11-40(24)32(48)20(34)15-51/h16-26,41-42,51H,8-15,34H2,1-7H3,(H,35,46)(H,36,47)(H,37,43)(H,38,45)(H,39,44)(H,49,50)/t18-,19+,20-,21-,22-,23-,24-,25-,26-/m0/s1. The fourth-order valence-electron chi connectivity index (χ4n) is 5.59. The maximum absolute atomic E-state index is 13.6. The van der Waals surface area contributed by atoms with Crippen LogP contribution in [0, 0.1) is 17.8 Å². The molecular weight excluding hydrogens is 686 g/mol. The van der Waals surface area contributed by atoms with Gasteiger partial charge in [0.05, 0.1) is 18.8 Å². The Morgan fingerprint density at radius 1 is 0.784 bits per heavy atom. The van der Waals surface area contributed by atoms with E-state index in [1.54, 1.807) is 27.7 Å². The van der Waals surface area contributed by atoms with E-state index in [0.717, 1.165) is 0 Å². The molecule has 0 radical (unpaired) electrons. The van der Waals surface area contributed by atoms with Crippen molar-refractivity contribution in [1.29, 1.82) is 0 Å². The Kier molecular flexibility index (Phi) is 19.5. The van der Waals surface area contributed by atoms with Gasteiger partial charge in [-0.2, -0.15) is 12.6 Å². The van der Waals surface area contributed by atoms with Gasteiger partial charge in [-0.05, 0) is 50.4 Å². The minimum atomic E-state index is -1.62. The molecule has 1 rings (SSSR count). The van der Waals surface area contributed by atoms with E-state index >= 15 is 0 Å². The molecule has 1 aliphatic rings. The third kappa shape index (κ3) is 14.2. The third-order valence-corrected chi connectivity index (χ3v) is 9.08. The van der Waals surface area contributed by atoms with E-state index < -0.39 is 102 Å². The van der Waals surface area contributed by atoms with Crippen LogP contribution in [0.2, 0.25) is 0 Å². The van der Waals surface area contributed by atoms with E-state index in [-0.39, 0.29) is 30.4 Å². The highest BCUT2D eigenvalue weighted by Gasteiger charge is 2.39. The highest BCUT2D eigenvalue weighted by atomic mass is 32.1. The number of likely N-dealkylation sites (tertiary alicyclic amines) is 1. The Hall–Kier alpha value is -3.48. The van der Waals surface area contributed by atoms with Crippen molar-refractivity contribution in [2.75, 3.05) is 18.9 Å². The van der Waals surface area contributed by atoms with Gasteiger partial charge in [0, 0.05) is 12.3 Å². The first-order chi connectivity index (χ1) is 23.8. The molecule has 0 spiro atoms. The molecule has 0 unspecified atom stereocenters. The van der Waals surface area contributed by atoms with Gasteiger partial charge < -0.3 is 52.5 Å². The van der Waals surface area contributed by atoms with E-state index in [0.29, 0.717) is 25.8 Å². The van der Waals surface area contributed by atoms with Crippen LogP contribution in [0.1, 0.15) is 80.6 Å². The molecule has 51 heavy (non-hydrogen) atoms. The molecule has 0 aromatic rings. The number of hydrogen-bond donors (Lipinski definition) is 10. The summed E-state index contributed by atoms with van der Waals surface area (Å²) in [6, 6.07) is -8.46. The topological polar surface area (TPSA) is 270 Å². The maximum atomic E-state index is 13.6. The molecule has 1 heterocycles. The maximum Gasteiger partial charge on any atom is 0.328 e. The Labute approximate surface area is 305 Å². The van der Waals surface area contributed by atoms with Gasteiger partial charge >= 0.3 is 5.97 Å². The molecular formula is C33H59N7O10S. The normalized spacial score (nSPS) is 19.2. The quantitative estimate of drug-likeness (QED) is 0.0589. The van der Waals surface area contributed by atoms with Crippen molar-refractivity contribution in [2.45, 2.75) is 129 Å². The number of rotatable bonds is 21. The molecule has 1 saturated heterocycles. The molecule has 0 aliphatic carbocycles. The lowest BCUT2D eigenvalue weighted by molar-refractivity contribution is -0.145. The zero-order valence-corrected chi connectivity index (χ0v) is 31.6. The van der Waals surface area contributed by atoms with Crippen molar-refractivity contribution in [1.82, 2.24) is 31.5 Å². The molecule has 0 aromatic carbocycles.